The minimum absolute atomic E-state index is 0.0258. The van der Waals surface area contributed by atoms with E-state index in [9.17, 15) is 22.8 Å². The van der Waals surface area contributed by atoms with Crippen LogP contribution in [0.3, 0.4) is 0 Å². The van der Waals surface area contributed by atoms with E-state index in [1.165, 1.54) is 0 Å². The summed E-state index contributed by atoms with van der Waals surface area (Å²) in [6.07, 6.45) is -4.23. The van der Waals surface area contributed by atoms with E-state index in [2.05, 4.69) is 4.90 Å². The number of benzene rings is 1. The summed E-state index contributed by atoms with van der Waals surface area (Å²) in [5, 5.41) is 7.12. The van der Waals surface area contributed by atoms with Crippen LogP contribution in [-0.2, 0) is 20.9 Å². The van der Waals surface area contributed by atoms with E-state index in [0.717, 1.165) is 43.3 Å². The molecule has 1 aromatic carbocycles. The summed E-state index contributed by atoms with van der Waals surface area (Å²) in [4.78, 5) is 39.9. The molecule has 184 valence electrons. The highest BCUT2D eigenvalue weighted by molar-refractivity contribution is 5.98. The fraction of sp³-hybridized carbons (Fsp3) is 0.435. The van der Waals surface area contributed by atoms with E-state index in [-0.39, 0.29) is 23.9 Å². The summed E-state index contributed by atoms with van der Waals surface area (Å²) < 4.78 is 37.5. The number of likely N-dealkylation sites (tertiary alicyclic amines) is 1. The predicted octanol–water partition coefficient (Wildman–Crippen LogP) is 3.06. The number of piperazine rings is 1. The van der Waals surface area contributed by atoms with Crippen molar-refractivity contribution >= 4 is 23.5 Å². The Hall–Kier alpha value is -3.34. The smallest absolute Gasteiger partial charge is 0.475 e. The van der Waals surface area contributed by atoms with Crippen molar-refractivity contribution < 1.29 is 37.1 Å². The predicted molar refractivity (Wildman–Crippen MR) is 116 cm³/mol. The number of carbonyl (C=O) groups excluding carboxylic acids is 2. The number of carboxylic acids is 1. The molecule has 0 bridgehead atoms. The van der Waals surface area contributed by atoms with Gasteiger partial charge in [0.1, 0.15) is 18.1 Å². The van der Waals surface area contributed by atoms with Crippen molar-refractivity contribution in [2.45, 2.75) is 38.5 Å². The monoisotopic (exact) mass is 481 g/mol. The van der Waals surface area contributed by atoms with Crippen LogP contribution in [-0.4, -0.2) is 70.6 Å². The molecular weight excluding hydrogens is 455 g/mol. The Bertz CT molecular complexity index is 1040. The largest absolute Gasteiger partial charge is 0.490 e. The van der Waals surface area contributed by atoms with E-state index >= 15 is 0 Å². The molecule has 34 heavy (non-hydrogen) atoms. The van der Waals surface area contributed by atoms with Crippen molar-refractivity contribution in [1.82, 2.24) is 9.80 Å². The van der Waals surface area contributed by atoms with Crippen LogP contribution in [0.5, 0.6) is 0 Å². The lowest BCUT2D eigenvalue weighted by atomic mass is 9.91. The van der Waals surface area contributed by atoms with Crippen molar-refractivity contribution in [2.24, 2.45) is 0 Å². The number of carboxylic acid groups (broad SMARTS) is 1. The zero-order valence-electron chi connectivity index (χ0n) is 18.8. The maximum Gasteiger partial charge on any atom is 0.490 e. The van der Waals surface area contributed by atoms with Gasteiger partial charge >= 0.3 is 12.1 Å². The number of aliphatic carboxylic acids is 1. The summed E-state index contributed by atoms with van der Waals surface area (Å²) in [5.41, 5.74) is 0.544. The third-order valence-electron chi connectivity index (χ3n) is 5.90. The molecule has 2 fully saturated rings. The summed E-state index contributed by atoms with van der Waals surface area (Å²) in [6.45, 7) is 6.51. The number of anilines is 1. The molecule has 2 amide bonds. The number of para-hydroxylation sites is 1. The average molecular weight is 481 g/mol. The normalized spacial score (nSPS) is 20.9. The third-order valence-corrected chi connectivity index (χ3v) is 5.90. The van der Waals surface area contributed by atoms with Gasteiger partial charge in [-0.2, -0.15) is 13.2 Å². The molecule has 1 aromatic heterocycles. The topological polar surface area (TPSA) is 94.3 Å². The van der Waals surface area contributed by atoms with Gasteiger partial charge in [0, 0.05) is 25.7 Å². The molecule has 1 N–H and O–H groups in total. The molecule has 1 spiro atoms. The molecule has 2 aliphatic rings. The second kappa shape index (κ2) is 9.88. The van der Waals surface area contributed by atoms with Crippen LogP contribution in [0.4, 0.5) is 18.9 Å². The molecular formula is C23H26F3N3O5. The van der Waals surface area contributed by atoms with Gasteiger partial charge in [-0.3, -0.25) is 14.5 Å². The fourth-order valence-corrected chi connectivity index (χ4v) is 4.36. The molecule has 2 aliphatic heterocycles. The van der Waals surface area contributed by atoms with Gasteiger partial charge in [-0.15, -0.1) is 0 Å². The van der Waals surface area contributed by atoms with Gasteiger partial charge in [0.05, 0.1) is 18.6 Å². The number of furan rings is 1. The molecule has 3 heterocycles. The SMILES string of the molecule is CC(=O)N1CC(=O)N(c2ccccc2)CC12CCN(Cc1ccc(C)o1)C2.O=C(O)C(F)(F)F. The average Bonchev–Trinajstić information content (AvgIpc) is 3.36. The van der Waals surface area contributed by atoms with Gasteiger partial charge in [-0.1, -0.05) is 18.2 Å². The number of aryl methyl sites for hydroxylation is 1. The van der Waals surface area contributed by atoms with Gasteiger partial charge in [-0.05, 0) is 37.6 Å². The maximum atomic E-state index is 12.7. The number of nitrogens with zero attached hydrogens (tertiary/aromatic N) is 3. The van der Waals surface area contributed by atoms with Crippen LogP contribution < -0.4 is 4.90 Å². The Morgan fingerprint density at radius 2 is 1.76 bits per heavy atom. The summed E-state index contributed by atoms with van der Waals surface area (Å²) in [5.74, 6) is -0.977. The molecule has 2 saturated heterocycles. The Kier molecular flexibility index (Phi) is 7.35. The lowest BCUT2D eigenvalue weighted by Gasteiger charge is -2.48. The maximum absolute atomic E-state index is 12.7. The van der Waals surface area contributed by atoms with Crippen LogP contribution in [0, 0.1) is 6.92 Å². The van der Waals surface area contributed by atoms with Crippen molar-refractivity contribution in [3.8, 4) is 0 Å². The van der Waals surface area contributed by atoms with E-state index in [0.29, 0.717) is 6.54 Å². The second-order valence-electron chi connectivity index (χ2n) is 8.42. The Morgan fingerprint density at radius 3 is 2.29 bits per heavy atom. The summed E-state index contributed by atoms with van der Waals surface area (Å²) >= 11 is 0. The molecule has 2 aromatic rings. The van der Waals surface area contributed by atoms with E-state index in [4.69, 9.17) is 14.3 Å². The van der Waals surface area contributed by atoms with Crippen LogP contribution in [0.1, 0.15) is 24.9 Å². The highest BCUT2D eigenvalue weighted by Crippen LogP contribution is 2.35. The minimum atomic E-state index is -5.08. The van der Waals surface area contributed by atoms with Crippen molar-refractivity contribution in [3.63, 3.8) is 0 Å². The molecule has 1 atom stereocenters. The highest BCUT2D eigenvalue weighted by Gasteiger charge is 2.50. The van der Waals surface area contributed by atoms with Crippen molar-refractivity contribution in [3.05, 3.63) is 54.0 Å². The van der Waals surface area contributed by atoms with Gasteiger partial charge in [0.2, 0.25) is 11.8 Å². The first kappa shape index (κ1) is 25.3. The molecule has 8 nitrogen and oxygen atoms in total. The molecule has 11 heteroatoms. The quantitative estimate of drug-likeness (QED) is 0.724. The third kappa shape index (κ3) is 5.77. The lowest BCUT2D eigenvalue weighted by molar-refractivity contribution is -0.192. The summed E-state index contributed by atoms with van der Waals surface area (Å²) in [7, 11) is 0. The van der Waals surface area contributed by atoms with Crippen LogP contribution >= 0.6 is 0 Å². The zero-order valence-corrected chi connectivity index (χ0v) is 18.8. The number of alkyl halides is 3. The van der Waals surface area contributed by atoms with E-state index in [1.54, 1.807) is 11.8 Å². The molecule has 1 unspecified atom stereocenters. The van der Waals surface area contributed by atoms with E-state index in [1.807, 2.05) is 54.3 Å². The van der Waals surface area contributed by atoms with Gasteiger partial charge < -0.3 is 19.3 Å². The molecule has 0 saturated carbocycles. The van der Waals surface area contributed by atoms with Gasteiger partial charge in [0.15, 0.2) is 0 Å². The fourth-order valence-electron chi connectivity index (χ4n) is 4.36. The number of amides is 2. The number of hydrogen-bond donors (Lipinski definition) is 1. The Morgan fingerprint density at radius 1 is 1.12 bits per heavy atom. The van der Waals surface area contributed by atoms with E-state index < -0.39 is 12.1 Å². The number of hydrogen-bond acceptors (Lipinski definition) is 5. The Balaban J connectivity index is 0.000000406. The first-order valence-corrected chi connectivity index (χ1v) is 10.6. The number of rotatable bonds is 3. The zero-order chi connectivity index (χ0) is 25.1. The standard InChI is InChI=1S/C21H25N3O3.C2HF3O2/c1-16-8-9-19(27-16)12-22-11-10-21(14-22)15-23(18-6-4-3-5-7-18)20(26)13-24(21)17(2)25;3-2(4,5)1(6)7/h3-9H,10-15H2,1-2H3;(H,6,7). The van der Waals surface area contributed by atoms with Crippen LogP contribution in [0.2, 0.25) is 0 Å². The second-order valence-corrected chi connectivity index (χ2v) is 8.42. The van der Waals surface area contributed by atoms with Gasteiger partial charge in [-0.25, -0.2) is 4.79 Å². The van der Waals surface area contributed by atoms with Crippen molar-refractivity contribution in [1.29, 1.82) is 0 Å². The number of halogens is 3. The van der Waals surface area contributed by atoms with Crippen molar-refractivity contribution in [2.75, 3.05) is 31.1 Å². The first-order chi connectivity index (χ1) is 15.9. The molecule has 0 aliphatic carbocycles. The first-order valence-electron chi connectivity index (χ1n) is 10.6. The van der Waals surface area contributed by atoms with Crippen LogP contribution in [0.15, 0.2) is 46.9 Å². The van der Waals surface area contributed by atoms with Crippen LogP contribution in [0.25, 0.3) is 0 Å². The Labute approximate surface area is 194 Å². The highest BCUT2D eigenvalue weighted by atomic mass is 19.4. The molecule has 4 rings (SSSR count). The summed E-state index contributed by atoms with van der Waals surface area (Å²) in [6, 6.07) is 13.7. The minimum Gasteiger partial charge on any atom is -0.475 e. The number of carbonyl (C=O) groups is 3. The lowest BCUT2D eigenvalue weighted by Crippen LogP contribution is -2.66. The molecule has 0 radical (unpaired) electrons. The van der Waals surface area contributed by atoms with Gasteiger partial charge in [0.25, 0.3) is 0 Å².